The van der Waals surface area contributed by atoms with Crippen LogP contribution in [-0.4, -0.2) is 30.1 Å². The third-order valence-electron chi connectivity index (χ3n) is 3.97. The number of hydrogen-bond donors (Lipinski definition) is 1. The molecule has 1 aliphatic rings. The Morgan fingerprint density at radius 1 is 1.33 bits per heavy atom. The molecule has 1 fully saturated rings. The van der Waals surface area contributed by atoms with Gasteiger partial charge in [-0.2, -0.15) is 11.8 Å². The average molecular weight is 327 g/mol. The van der Waals surface area contributed by atoms with E-state index in [9.17, 15) is 0 Å². The minimum atomic E-state index is 0.372. The van der Waals surface area contributed by atoms with Crippen LogP contribution in [0.15, 0.2) is 18.2 Å². The highest BCUT2D eigenvalue weighted by molar-refractivity contribution is 8.00. The van der Waals surface area contributed by atoms with E-state index in [0.717, 1.165) is 37.6 Å². The Morgan fingerprint density at radius 3 is 2.90 bits per heavy atom. The number of para-hydroxylation sites is 1. The van der Waals surface area contributed by atoms with Crippen molar-refractivity contribution in [2.24, 2.45) is 0 Å². The smallest absolute Gasteiger partial charge is 0.0642 e. The molecule has 0 aromatic heterocycles. The molecule has 118 valence electrons. The Hall–Kier alpha value is -0.380. The molecule has 1 aromatic carbocycles. The van der Waals surface area contributed by atoms with E-state index in [1.54, 1.807) is 0 Å². The van der Waals surface area contributed by atoms with Crippen molar-refractivity contribution in [3.63, 3.8) is 0 Å². The van der Waals surface area contributed by atoms with Gasteiger partial charge in [-0.25, -0.2) is 0 Å². The lowest BCUT2D eigenvalue weighted by Crippen LogP contribution is -2.29. The number of halogens is 1. The van der Waals surface area contributed by atoms with E-state index in [-0.39, 0.29) is 0 Å². The van der Waals surface area contributed by atoms with Crippen LogP contribution in [0.5, 0.6) is 0 Å². The topological polar surface area (TPSA) is 15.3 Å². The maximum atomic E-state index is 6.52. The molecule has 2 nitrogen and oxygen atoms in total. The SMILES string of the molecule is CCCNCc1cccc(Cl)c1N1CCSC(C)(C)CC1. The van der Waals surface area contributed by atoms with Crippen molar-refractivity contribution in [3.8, 4) is 0 Å². The van der Waals surface area contributed by atoms with E-state index in [1.165, 1.54) is 23.4 Å². The van der Waals surface area contributed by atoms with E-state index in [2.05, 4.69) is 54.9 Å². The molecule has 0 aliphatic carbocycles. The zero-order valence-corrected chi connectivity index (χ0v) is 15.0. The van der Waals surface area contributed by atoms with Crippen LogP contribution in [0.25, 0.3) is 0 Å². The third kappa shape index (κ3) is 4.80. The molecule has 21 heavy (non-hydrogen) atoms. The first kappa shape index (κ1) is 17.0. The molecule has 1 N–H and O–H groups in total. The van der Waals surface area contributed by atoms with Gasteiger partial charge in [0.1, 0.15) is 0 Å². The fourth-order valence-corrected chi connectivity index (χ4v) is 4.11. The summed E-state index contributed by atoms with van der Waals surface area (Å²) >= 11 is 8.60. The first-order valence-electron chi connectivity index (χ1n) is 7.90. The molecular formula is C17H27ClN2S. The molecule has 0 spiro atoms. The molecule has 0 unspecified atom stereocenters. The average Bonchev–Trinajstić information content (AvgIpc) is 2.60. The van der Waals surface area contributed by atoms with Crippen molar-refractivity contribution in [2.45, 2.75) is 44.9 Å². The Bertz CT molecular complexity index is 462. The summed E-state index contributed by atoms with van der Waals surface area (Å²) < 4.78 is 0.372. The second kappa shape index (κ2) is 7.75. The normalized spacial score (nSPS) is 18.6. The third-order valence-corrected chi connectivity index (χ3v) is 5.64. The van der Waals surface area contributed by atoms with Crippen LogP contribution in [0.3, 0.4) is 0 Å². The lowest BCUT2D eigenvalue weighted by atomic mass is 10.1. The van der Waals surface area contributed by atoms with Gasteiger partial charge in [-0.05, 0) is 31.0 Å². The summed E-state index contributed by atoms with van der Waals surface area (Å²) in [5, 5.41) is 4.38. The monoisotopic (exact) mass is 326 g/mol. The fourth-order valence-electron chi connectivity index (χ4n) is 2.70. The predicted octanol–water partition coefficient (Wildman–Crippen LogP) is 4.56. The van der Waals surface area contributed by atoms with Crippen LogP contribution in [0, 0.1) is 0 Å². The zero-order valence-electron chi connectivity index (χ0n) is 13.4. The summed E-state index contributed by atoms with van der Waals surface area (Å²) in [5.41, 5.74) is 2.56. The molecule has 0 radical (unpaired) electrons. The number of benzene rings is 1. The number of rotatable bonds is 5. The summed E-state index contributed by atoms with van der Waals surface area (Å²) in [5.74, 6) is 1.17. The van der Waals surface area contributed by atoms with Gasteiger partial charge in [-0.15, -0.1) is 0 Å². The van der Waals surface area contributed by atoms with Gasteiger partial charge in [-0.1, -0.05) is 44.5 Å². The fraction of sp³-hybridized carbons (Fsp3) is 0.647. The second-order valence-corrected chi connectivity index (χ2v) is 8.48. The van der Waals surface area contributed by atoms with Gasteiger partial charge in [0.15, 0.2) is 0 Å². The van der Waals surface area contributed by atoms with Crippen LogP contribution < -0.4 is 10.2 Å². The largest absolute Gasteiger partial charge is 0.369 e. The van der Waals surface area contributed by atoms with Crippen LogP contribution >= 0.6 is 23.4 Å². The Morgan fingerprint density at radius 2 is 2.14 bits per heavy atom. The van der Waals surface area contributed by atoms with E-state index >= 15 is 0 Å². The highest BCUT2D eigenvalue weighted by Gasteiger charge is 2.25. The highest BCUT2D eigenvalue weighted by Crippen LogP contribution is 2.36. The number of nitrogens with zero attached hydrogens (tertiary/aromatic N) is 1. The van der Waals surface area contributed by atoms with Crippen molar-refractivity contribution in [3.05, 3.63) is 28.8 Å². The maximum absolute atomic E-state index is 6.52. The van der Waals surface area contributed by atoms with Crippen LogP contribution in [0.1, 0.15) is 39.2 Å². The van der Waals surface area contributed by atoms with Gasteiger partial charge in [0.05, 0.1) is 10.7 Å². The summed E-state index contributed by atoms with van der Waals surface area (Å²) in [6, 6.07) is 6.28. The van der Waals surface area contributed by atoms with Crippen molar-refractivity contribution < 1.29 is 0 Å². The lowest BCUT2D eigenvalue weighted by Gasteiger charge is -2.27. The first-order chi connectivity index (χ1) is 10.0. The molecule has 0 amide bonds. The van der Waals surface area contributed by atoms with Crippen LogP contribution in [0.4, 0.5) is 5.69 Å². The standard InChI is InChI=1S/C17H27ClN2S/c1-4-9-19-13-14-6-5-7-15(18)16(14)20-10-8-17(2,3)21-12-11-20/h5-7,19H,4,8-13H2,1-3H3. The lowest BCUT2D eigenvalue weighted by molar-refractivity contribution is 0.633. The molecule has 4 heteroatoms. The van der Waals surface area contributed by atoms with Gasteiger partial charge in [0.2, 0.25) is 0 Å². The van der Waals surface area contributed by atoms with Crippen LogP contribution in [-0.2, 0) is 6.54 Å². The Kier molecular flexibility index (Phi) is 6.27. The van der Waals surface area contributed by atoms with Gasteiger partial charge in [-0.3, -0.25) is 0 Å². The van der Waals surface area contributed by atoms with Gasteiger partial charge in [0.25, 0.3) is 0 Å². The second-order valence-electron chi connectivity index (χ2n) is 6.27. The molecule has 1 saturated heterocycles. The molecule has 0 saturated carbocycles. The molecular weight excluding hydrogens is 300 g/mol. The van der Waals surface area contributed by atoms with Crippen LogP contribution in [0.2, 0.25) is 5.02 Å². The van der Waals surface area contributed by atoms with Gasteiger partial charge >= 0.3 is 0 Å². The quantitative estimate of drug-likeness (QED) is 0.798. The minimum absolute atomic E-state index is 0.372. The van der Waals surface area contributed by atoms with E-state index in [4.69, 9.17) is 11.6 Å². The van der Waals surface area contributed by atoms with Crippen molar-refractivity contribution in [1.29, 1.82) is 0 Å². The highest BCUT2D eigenvalue weighted by atomic mass is 35.5. The molecule has 1 heterocycles. The number of hydrogen-bond acceptors (Lipinski definition) is 3. The molecule has 1 aromatic rings. The summed E-state index contributed by atoms with van der Waals surface area (Å²) in [7, 11) is 0. The number of nitrogens with one attached hydrogen (secondary N) is 1. The van der Waals surface area contributed by atoms with E-state index < -0.39 is 0 Å². The molecule has 1 aliphatic heterocycles. The predicted molar refractivity (Wildman–Crippen MR) is 96.8 cm³/mol. The van der Waals surface area contributed by atoms with Gasteiger partial charge in [0, 0.05) is 30.1 Å². The Labute approximate surface area is 138 Å². The molecule has 0 atom stereocenters. The Balaban J connectivity index is 2.17. The summed E-state index contributed by atoms with van der Waals surface area (Å²) in [4.78, 5) is 2.48. The van der Waals surface area contributed by atoms with Crippen molar-refractivity contribution in [1.82, 2.24) is 5.32 Å². The van der Waals surface area contributed by atoms with Crippen molar-refractivity contribution >= 4 is 29.1 Å². The number of thioether (sulfide) groups is 1. The molecule has 0 bridgehead atoms. The van der Waals surface area contributed by atoms with E-state index in [1.807, 2.05) is 6.07 Å². The first-order valence-corrected chi connectivity index (χ1v) is 9.27. The zero-order chi connectivity index (χ0) is 15.3. The van der Waals surface area contributed by atoms with E-state index in [0.29, 0.717) is 4.75 Å². The summed E-state index contributed by atoms with van der Waals surface area (Å²) in [6.07, 6.45) is 2.36. The van der Waals surface area contributed by atoms with Crippen molar-refractivity contribution in [2.75, 3.05) is 30.3 Å². The molecule has 2 rings (SSSR count). The van der Waals surface area contributed by atoms with Gasteiger partial charge < -0.3 is 10.2 Å². The maximum Gasteiger partial charge on any atom is 0.0642 e. The minimum Gasteiger partial charge on any atom is -0.369 e. The number of anilines is 1. The summed E-state index contributed by atoms with van der Waals surface area (Å²) in [6.45, 7) is 11.0.